The lowest BCUT2D eigenvalue weighted by atomic mass is 10.0. The van der Waals surface area contributed by atoms with Gasteiger partial charge in [0.2, 0.25) is 0 Å². The molecule has 140 valence electrons. The quantitative estimate of drug-likeness (QED) is 0.655. The number of nitrogens with zero attached hydrogens (tertiary/aromatic N) is 3. The summed E-state index contributed by atoms with van der Waals surface area (Å²) < 4.78 is 6.53. The van der Waals surface area contributed by atoms with Crippen LogP contribution in [0.5, 0.6) is 6.01 Å². The number of aromatic nitrogens is 3. The third kappa shape index (κ3) is 2.90. The summed E-state index contributed by atoms with van der Waals surface area (Å²) >= 11 is 1.84. The first-order valence-electron chi connectivity index (χ1n) is 9.34. The molecule has 0 fully saturated rings. The number of aliphatic hydroxyl groups is 1. The standard InChI is InChI=1S/C22H19N3O2S/c1-27-22-24-20(23-21(25-22)16-7-2-4-8-17(16)26)13-10-11-15-14-6-3-5-9-18(14)28-19(15)12-13/h2-3,6-7,10-12,26H,4-5,8-9H2,1H3. The zero-order valence-corrected chi connectivity index (χ0v) is 16.3. The van der Waals surface area contributed by atoms with E-state index in [0.717, 1.165) is 24.8 Å². The maximum Gasteiger partial charge on any atom is 0.320 e. The van der Waals surface area contributed by atoms with E-state index in [1.54, 1.807) is 0 Å². The number of hydrogen-bond acceptors (Lipinski definition) is 6. The normalized spacial score (nSPS) is 15.9. The van der Waals surface area contributed by atoms with E-state index in [0.29, 0.717) is 29.4 Å². The molecule has 2 aromatic heterocycles. The molecule has 1 aromatic carbocycles. The molecule has 5 nitrogen and oxygen atoms in total. The molecule has 2 aliphatic carbocycles. The van der Waals surface area contributed by atoms with Crippen LogP contribution in [0.1, 0.15) is 35.5 Å². The molecule has 3 aromatic rings. The Morgan fingerprint density at radius 3 is 2.68 bits per heavy atom. The van der Waals surface area contributed by atoms with Crippen molar-refractivity contribution in [1.82, 2.24) is 15.0 Å². The minimum atomic E-state index is 0.243. The molecule has 0 unspecified atom stereocenters. The highest BCUT2D eigenvalue weighted by Gasteiger charge is 2.18. The van der Waals surface area contributed by atoms with Crippen LogP contribution in [0.4, 0.5) is 0 Å². The highest BCUT2D eigenvalue weighted by Crippen LogP contribution is 2.37. The molecule has 0 radical (unpaired) electrons. The third-order valence-corrected chi connectivity index (χ3v) is 6.30. The molecule has 0 aliphatic heterocycles. The molecule has 0 bridgehead atoms. The van der Waals surface area contributed by atoms with Gasteiger partial charge in [-0.1, -0.05) is 36.4 Å². The largest absolute Gasteiger partial charge is 0.512 e. The van der Waals surface area contributed by atoms with E-state index in [-0.39, 0.29) is 6.01 Å². The SMILES string of the molecule is COc1nc(C2=C(O)CCC=C2)nc(-c2ccc3c4c(sc3c2)CCC=C4)n1. The maximum atomic E-state index is 10.3. The van der Waals surface area contributed by atoms with Gasteiger partial charge in [0.15, 0.2) is 11.6 Å². The van der Waals surface area contributed by atoms with Gasteiger partial charge in [-0.2, -0.15) is 9.97 Å². The minimum Gasteiger partial charge on any atom is -0.512 e. The molecular weight excluding hydrogens is 370 g/mol. The molecule has 2 heterocycles. The van der Waals surface area contributed by atoms with Crippen molar-refractivity contribution in [2.75, 3.05) is 7.11 Å². The summed E-state index contributed by atoms with van der Waals surface area (Å²) in [7, 11) is 1.54. The van der Waals surface area contributed by atoms with Gasteiger partial charge < -0.3 is 9.84 Å². The first kappa shape index (κ1) is 17.1. The summed E-state index contributed by atoms with van der Waals surface area (Å²) in [6.07, 6.45) is 12.0. The van der Waals surface area contributed by atoms with Gasteiger partial charge in [-0.3, -0.25) is 0 Å². The molecule has 0 saturated heterocycles. The number of ether oxygens (including phenoxy) is 1. The number of aryl methyl sites for hydroxylation is 1. The van der Waals surface area contributed by atoms with Crippen molar-refractivity contribution >= 4 is 33.1 Å². The van der Waals surface area contributed by atoms with Crippen LogP contribution >= 0.6 is 11.3 Å². The number of allylic oxidation sites excluding steroid dienone is 5. The average molecular weight is 389 g/mol. The van der Waals surface area contributed by atoms with E-state index >= 15 is 0 Å². The molecule has 6 heteroatoms. The fourth-order valence-electron chi connectivity index (χ4n) is 3.64. The van der Waals surface area contributed by atoms with Crippen molar-refractivity contribution in [1.29, 1.82) is 0 Å². The molecule has 0 saturated carbocycles. The predicted octanol–water partition coefficient (Wildman–Crippen LogP) is 5.34. The number of benzene rings is 1. The Labute approximate surface area is 166 Å². The van der Waals surface area contributed by atoms with Crippen LogP contribution in [0.3, 0.4) is 0 Å². The first-order valence-corrected chi connectivity index (χ1v) is 10.2. The Morgan fingerprint density at radius 1 is 1.00 bits per heavy atom. The monoisotopic (exact) mass is 389 g/mol. The van der Waals surface area contributed by atoms with Crippen molar-refractivity contribution in [3.05, 3.63) is 58.5 Å². The summed E-state index contributed by atoms with van der Waals surface area (Å²) in [5.74, 6) is 1.28. The zero-order valence-electron chi connectivity index (χ0n) is 15.5. The lowest BCUT2D eigenvalue weighted by molar-refractivity contribution is 0.376. The van der Waals surface area contributed by atoms with Gasteiger partial charge in [0.25, 0.3) is 0 Å². The highest BCUT2D eigenvalue weighted by molar-refractivity contribution is 7.19. The Morgan fingerprint density at radius 2 is 1.82 bits per heavy atom. The third-order valence-electron chi connectivity index (χ3n) is 5.07. The molecule has 0 spiro atoms. The van der Waals surface area contributed by atoms with Gasteiger partial charge in [0, 0.05) is 21.6 Å². The van der Waals surface area contributed by atoms with Crippen LogP contribution in [-0.4, -0.2) is 27.2 Å². The van der Waals surface area contributed by atoms with E-state index in [9.17, 15) is 5.11 Å². The Hall–Kier alpha value is -2.99. The molecule has 28 heavy (non-hydrogen) atoms. The maximum absolute atomic E-state index is 10.3. The molecule has 0 atom stereocenters. The number of aliphatic hydroxyl groups excluding tert-OH is 1. The highest BCUT2D eigenvalue weighted by atomic mass is 32.1. The second-order valence-electron chi connectivity index (χ2n) is 6.86. The van der Waals surface area contributed by atoms with E-state index in [1.807, 2.05) is 29.6 Å². The smallest absolute Gasteiger partial charge is 0.320 e. The van der Waals surface area contributed by atoms with Crippen LogP contribution in [-0.2, 0) is 6.42 Å². The summed E-state index contributed by atoms with van der Waals surface area (Å²) in [5, 5.41) is 11.5. The molecule has 2 aliphatic rings. The zero-order chi connectivity index (χ0) is 19.1. The summed E-state index contributed by atoms with van der Waals surface area (Å²) in [6, 6.07) is 6.56. The van der Waals surface area contributed by atoms with Gasteiger partial charge in [-0.15, -0.1) is 11.3 Å². The molecule has 5 rings (SSSR count). The lowest BCUT2D eigenvalue weighted by Gasteiger charge is -2.11. The van der Waals surface area contributed by atoms with Crippen LogP contribution in [0.2, 0.25) is 0 Å². The van der Waals surface area contributed by atoms with Crippen LogP contribution in [0, 0.1) is 0 Å². The molecular formula is C22H19N3O2S. The van der Waals surface area contributed by atoms with Gasteiger partial charge >= 0.3 is 6.01 Å². The molecule has 0 amide bonds. The Bertz CT molecular complexity index is 1170. The van der Waals surface area contributed by atoms with Gasteiger partial charge in [-0.05, 0) is 36.3 Å². The van der Waals surface area contributed by atoms with Crippen molar-refractivity contribution in [2.24, 2.45) is 0 Å². The van der Waals surface area contributed by atoms with Crippen molar-refractivity contribution in [2.45, 2.75) is 25.7 Å². The summed E-state index contributed by atoms with van der Waals surface area (Å²) in [6.45, 7) is 0. The molecule has 1 N–H and O–H groups in total. The number of thiophene rings is 1. The van der Waals surface area contributed by atoms with Crippen LogP contribution in [0.25, 0.3) is 33.1 Å². The van der Waals surface area contributed by atoms with E-state index in [4.69, 9.17) is 4.74 Å². The summed E-state index contributed by atoms with van der Waals surface area (Å²) in [4.78, 5) is 14.9. The summed E-state index contributed by atoms with van der Waals surface area (Å²) in [5.41, 5.74) is 2.89. The fraction of sp³-hybridized carbons (Fsp3) is 0.227. The van der Waals surface area contributed by atoms with Crippen molar-refractivity contribution in [3.8, 4) is 17.4 Å². The average Bonchev–Trinajstić information content (AvgIpc) is 3.11. The number of rotatable bonds is 3. The number of methoxy groups -OCH3 is 1. The first-order chi connectivity index (χ1) is 13.7. The Balaban J connectivity index is 1.63. The number of fused-ring (bicyclic) bond motifs is 3. The lowest BCUT2D eigenvalue weighted by Crippen LogP contribution is -2.05. The minimum absolute atomic E-state index is 0.243. The van der Waals surface area contributed by atoms with E-state index in [2.05, 4.69) is 39.2 Å². The van der Waals surface area contributed by atoms with Crippen LogP contribution < -0.4 is 4.74 Å². The second-order valence-corrected chi connectivity index (χ2v) is 8.00. The topological polar surface area (TPSA) is 68.1 Å². The Kier molecular flexibility index (Phi) is 4.20. The van der Waals surface area contributed by atoms with Gasteiger partial charge in [0.05, 0.1) is 12.7 Å². The number of hydrogen-bond donors (Lipinski definition) is 1. The predicted molar refractivity (Wildman–Crippen MR) is 112 cm³/mol. The van der Waals surface area contributed by atoms with Crippen LogP contribution in [0.15, 0.2) is 42.2 Å². The van der Waals surface area contributed by atoms with E-state index < -0.39 is 0 Å². The van der Waals surface area contributed by atoms with Gasteiger partial charge in [0.1, 0.15) is 5.76 Å². The van der Waals surface area contributed by atoms with E-state index in [1.165, 1.54) is 27.6 Å². The van der Waals surface area contributed by atoms with Crippen molar-refractivity contribution in [3.63, 3.8) is 0 Å². The second kappa shape index (κ2) is 6.87. The van der Waals surface area contributed by atoms with Gasteiger partial charge in [-0.25, -0.2) is 4.98 Å². The fourth-order valence-corrected chi connectivity index (χ4v) is 4.89. The van der Waals surface area contributed by atoms with Crippen molar-refractivity contribution < 1.29 is 9.84 Å².